The summed E-state index contributed by atoms with van der Waals surface area (Å²) in [6.45, 7) is -1.31. The van der Waals surface area contributed by atoms with Crippen molar-refractivity contribution in [2.45, 2.75) is 12.5 Å². The standard InChI is InChI=1S/C15H19N7O5/c16-21-22-19-8-12(23)17-7-13(24)20-11(15(27)18-9-14(25)26)6-10-4-2-1-3-5-10/h1-5,11,19H,6-9H2,(H,17,23)(H,18,27)(H,20,24)(H,25,26)/t11-/m0/s1. The molecule has 0 unspecified atom stereocenters. The number of carboxylic acids is 1. The second kappa shape index (κ2) is 11.7. The van der Waals surface area contributed by atoms with Crippen molar-refractivity contribution >= 4 is 23.7 Å². The summed E-state index contributed by atoms with van der Waals surface area (Å²) in [5.41, 5.74) is 11.0. The van der Waals surface area contributed by atoms with E-state index in [2.05, 4.69) is 31.5 Å². The number of rotatable bonds is 11. The van der Waals surface area contributed by atoms with Crippen LogP contribution in [-0.2, 0) is 25.6 Å². The van der Waals surface area contributed by atoms with Gasteiger partial charge < -0.3 is 21.1 Å². The Bertz CT molecular complexity index is 719. The Balaban J connectivity index is 2.62. The Morgan fingerprint density at radius 1 is 1.04 bits per heavy atom. The zero-order valence-electron chi connectivity index (χ0n) is 14.2. The molecule has 1 aromatic rings. The fraction of sp³-hybridized carbons (Fsp3) is 0.333. The minimum atomic E-state index is -1.21. The molecular weight excluding hydrogens is 358 g/mol. The van der Waals surface area contributed by atoms with Crippen molar-refractivity contribution in [1.29, 1.82) is 0 Å². The van der Waals surface area contributed by atoms with Crippen molar-refractivity contribution in [3.8, 4) is 0 Å². The van der Waals surface area contributed by atoms with Crippen molar-refractivity contribution in [3.05, 3.63) is 46.3 Å². The van der Waals surface area contributed by atoms with E-state index in [0.29, 0.717) is 0 Å². The number of carbonyl (C=O) groups excluding carboxylic acids is 3. The predicted molar refractivity (Wildman–Crippen MR) is 92.9 cm³/mol. The van der Waals surface area contributed by atoms with Crippen LogP contribution in [0.2, 0.25) is 0 Å². The van der Waals surface area contributed by atoms with Crippen molar-refractivity contribution in [3.63, 3.8) is 0 Å². The highest BCUT2D eigenvalue weighted by Gasteiger charge is 2.22. The molecule has 0 aliphatic carbocycles. The maximum absolute atomic E-state index is 12.2. The molecule has 0 aromatic heterocycles. The Morgan fingerprint density at radius 3 is 2.37 bits per heavy atom. The number of nitrogens with one attached hydrogen (secondary N) is 4. The lowest BCUT2D eigenvalue weighted by atomic mass is 10.1. The molecule has 0 saturated heterocycles. The molecule has 0 bridgehead atoms. The second-order valence-corrected chi connectivity index (χ2v) is 5.22. The van der Waals surface area contributed by atoms with Gasteiger partial charge in [0.15, 0.2) is 6.54 Å². The van der Waals surface area contributed by atoms with Gasteiger partial charge in [-0.15, -0.1) is 5.53 Å². The smallest absolute Gasteiger partial charge is 0.322 e. The van der Waals surface area contributed by atoms with Crippen LogP contribution in [0.15, 0.2) is 35.6 Å². The lowest BCUT2D eigenvalue weighted by molar-refractivity contribution is -0.138. The zero-order chi connectivity index (χ0) is 20.1. The van der Waals surface area contributed by atoms with Gasteiger partial charge in [0.05, 0.1) is 6.54 Å². The van der Waals surface area contributed by atoms with Gasteiger partial charge in [0.1, 0.15) is 12.6 Å². The minimum Gasteiger partial charge on any atom is -0.480 e. The molecule has 0 spiro atoms. The van der Waals surface area contributed by atoms with Crippen molar-refractivity contribution < 1.29 is 24.3 Å². The summed E-state index contributed by atoms with van der Waals surface area (Å²) >= 11 is 0. The summed E-state index contributed by atoms with van der Waals surface area (Å²) in [4.78, 5) is 48.6. The van der Waals surface area contributed by atoms with Crippen LogP contribution in [0, 0.1) is 0 Å². The van der Waals surface area contributed by atoms with Gasteiger partial charge in [-0.25, -0.2) is 0 Å². The molecule has 3 amide bonds. The van der Waals surface area contributed by atoms with E-state index >= 15 is 0 Å². The van der Waals surface area contributed by atoms with E-state index in [9.17, 15) is 19.2 Å². The number of hydrogen-bond acceptors (Lipinski definition) is 5. The number of carboxylic acid groups (broad SMARTS) is 1. The third-order valence-corrected chi connectivity index (χ3v) is 3.15. The summed E-state index contributed by atoms with van der Waals surface area (Å²) in [6.07, 6.45) is 0.143. The summed E-state index contributed by atoms with van der Waals surface area (Å²) in [6, 6.07) is 7.82. The molecule has 1 aromatic carbocycles. The van der Waals surface area contributed by atoms with Gasteiger partial charge in [-0.05, 0) is 10.8 Å². The maximum Gasteiger partial charge on any atom is 0.322 e. The van der Waals surface area contributed by atoms with Crippen LogP contribution in [-0.4, -0.2) is 54.5 Å². The number of carbonyl (C=O) groups is 4. The van der Waals surface area contributed by atoms with Crippen molar-refractivity contribution in [1.82, 2.24) is 21.4 Å². The van der Waals surface area contributed by atoms with Crippen LogP contribution in [0.25, 0.3) is 10.4 Å². The minimum absolute atomic E-state index is 0.143. The van der Waals surface area contributed by atoms with Gasteiger partial charge in [-0.2, -0.15) is 4.91 Å². The van der Waals surface area contributed by atoms with Crippen molar-refractivity contribution in [2.24, 2.45) is 5.22 Å². The Hall–Kier alpha value is -3.79. The quantitative estimate of drug-likeness (QED) is 0.140. The molecule has 1 atom stereocenters. The van der Waals surface area contributed by atoms with E-state index in [-0.39, 0.29) is 13.0 Å². The van der Waals surface area contributed by atoms with Crippen LogP contribution < -0.4 is 21.4 Å². The van der Waals surface area contributed by atoms with Crippen LogP contribution >= 0.6 is 0 Å². The van der Waals surface area contributed by atoms with Crippen LogP contribution in [0.3, 0.4) is 0 Å². The molecule has 0 fully saturated rings. The molecular formula is C15H19N7O5. The third-order valence-electron chi connectivity index (χ3n) is 3.15. The molecule has 5 N–H and O–H groups in total. The number of amides is 3. The van der Waals surface area contributed by atoms with Gasteiger partial charge in [0, 0.05) is 6.42 Å². The van der Waals surface area contributed by atoms with E-state index in [4.69, 9.17) is 10.6 Å². The van der Waals surface area contributed by atoms with E-state index < -0.39 is 42.8 Å². The van der Waals surface area contributed by atoms with E-state index in [1.165, 1.54) is 0 Å². The number of nitrogens with zero attached hydrogens (tertiary/aromatic N) is 3. The number of hydrogen-bond donors (Lipinski definition) is 5. The van der Waals surface area contributed by atoms with Gasteiger partial charge in [-0.3, -0.25) is 24.6 Å². The predicted octanol–water partition coefficient (Wildman–Crippen LogP) is -1.15. The molecule has 0 radical (unpaired) electrons. The third kappa shape index (κ3) is 9.31. The monoisotopic (exact) mass is 377 g/mol. The average Bonchev–Trinajstić information content (AvgIpc) is 2.65. The molecule has 0 heterocycles. The molecule has 0 aliphatic rings. The second-order valence-electron chi connectivity index (χ2n) is 5.22. The summed E-state index contributed by atoms with van der Waals surface area (Å²) in [7, 11) is 0. The normalized spacial score (nSPS) is 10.7. The van der Waals surface area contributed by atoms with Gasteiger partial charge in [0.25, 0.3) is 5.91 Å². The highest BCUT2D eigenvalue weighted by molar-refractivity contribution is 5.91. The fourth-order valence-electron chi connectivity index (χ4n) is 1.97. The highest BCUT2D eigenvalue weighted by atomic mass is 16.4. The molecule has 1 rings (SSSR count). The lowest BCUT2D eigenvalue weighted by Gasteiger charge is -2.18. The van der Waals surface area contributed by atoms with Gasteiger partial charge in [-0.1, -0.05) is 30.3 Å². The maximum atomic E-state index is 12.2. The summed E-state index contributed by atoms with van der Waals surface area (Å²) < 4.78 is 0. The number of aliphatic carboxylic acids is 1. The molecule has 12 heteroatoms. The molecule has 144 valence electrons. The summed E-state index contributed by atoms with van der Waals surface area (Å²) in [5.74, 6) is -3.11. The SMILES string of the molecule is [N-]=[N+]=NNCC(=O)NCC(=O)N[C@@H](Cc1ccccc1)C(=O)NCC(=O)O. The Kier molecular flexibility index (Phi) is 9.22. The first-order chi connectivity index (χ1) is 12.9. The van der Waals surface area contributed by atoms with Crippen LogP contribution in [0.1, 0.15) is 5.56 Å². The van der Waals surface area contributed by atoms with Gasteiger partial charge >= 0.3 is 5.97 Å². The zero-order valence-corrected chi connectivity index (χ0v) is 14.2. The van der Waals surface area contributed by atoms with Gasteiger partial charge in [0.2, 0.25) is 11.8 Å². The largest absolute Gasteiger partial charge is 0.480 e. The van der Waals surface area contributed by atoms with E-state index in [0.717, 1.165) is 5.56 Å². The lowest BCUT2D eigenvalue weighted by Crippen LogP contribution is -2.51. The first kappa shape index (κ1) is 21.3. The number of benzene rings is 1. The van der Waals surface area contributed by atoms with Crippen LogP contribution in [0.5, 0.6) is 0 Å². The van der Waals surface area contributed by atoms with E-state index in [1.807, 2.05) is 0 Å². The fourth-order valence-corrected chi connectivity index (χ4v) is 1.97. The molecule has 0 aliphatic heterocycles. The van der Waals surface area contributed by atoms with Crippen molar-refractivity contribution in [2.75, 3.05) is 19.6 Å². The topological polar surface area (TPSA) is 185 Å². The highest BCUT2D eigenvalue weighted by Crippen LogP contribution is 2.03. The molecule has 27 heavy (non-hydrogen) atoms. The van der Waals surface area contributed by atoms with Crippen LogP contribution in [0.4, 0.5) is 0 Å². The Labute approximate surface area is 153 Å². The first-order valence-electron chi connectivity index (χ1n) is 7.78. The average molecular weight is 377 g/mol. The van der Waals surface area contributed by atoms with E-state index in [1.54, 1.807) is 30.3 Å². The molecule has 0 saturated carbocycles. The number of azide groups is 1. The summed E-state index contributed by atoms with van der Waals surface area (Å²) in [5, 5.41) is 18.6. The molecule has 12 nitrogen and oxygen atoms in total. The Morgan fingerprint density at radius 2 is 1.74 bits per heavy atom. The first-order valence-corrected chi connectivity index (χ1v) is 7.78.